The number of aliphatic hydroxyl groups is 1. The summed E-state index contributed by atoms with van der Waals surface area (Å²) in [6, 6.07) is 4.67. The van der Waals surface area contributed by atoms with Gasteiger partial charge in [-0.3, -0.25) is 4.90 Å². The largest absolute Gasteiger partial charge is 0.396 e. The molecule has 0 unspecified atom stereocenters. The van der Waals surface area contributed by atoms with E-state index < -0.39 is 0 Å². The average Bonchev–Trinajstić information content (AvgIpc) is 2.37. The predicted octanol–water partition coefficient (Wildman–Crippen LogP) is 2.62. The van der Waals surface area contributed by atoms with Crippen LogP contribution >= 0.6 is 11.6 Å². The zero-order chi connectivity index (χ0) is 15.5. The fourth-order valence-electron chi connectivity index (χ4n) is 3.38. The lowest BCUT2D eigenvalue weighted by molar-refractivity contribution is 0.0105. The van der Waals surface area contributed by atoms with E-state index >= 15 is 0 Å². The van der Waals surface area contributed by atoms with Crippen LogP contribution < -0.4 is 0 Å². The van der Waals surface area contributed by atoms with Crippen molar-refractivity contribution in [3.63, 3.8) is 0 Å². The number of hydrogen-bond donors (Lipinski definition) is 1. The third kappa shape index (κ3) is 4.65. The molecule has 1 aromatic rings. The summed E-state index contributed by atoms with van der Waals surface area (Å²) >= 11 is 5.91. The average molecular weight is 315 g/mol. The minimum absolute atomic E-state index is 0.0845. The smallest absolute Gasteiger partial charge is 0.125 e. The van der Waals surface area contributed by atoms with Crippen LogP contribution in [0.1, 0.15) is 18.4 Å². The predicted molar refractivity (Wildman–Crippen MR) is 84.0 cm³/mol. The van der Waals surface area contributed by atoms with Crippen molar-refractivity contribution >= 4 is 11.6 Å². The van der Waals surface area contributed by atoms with Gasteiger partial charge in [-0.05, 0) is 57.2 Å². The highest BCUT2D eigenvalue weighted by atomic mass is 35.5. The summed E-state index contributed by atoms with van der Waals surface area (Å²) in [4.78, 5) is 4.41. The quantitative estimate of drug-likeness (QED) is 0.905. The van der Waals surface area contributed by atoms with E-state index in [0.717, 1.165) is 38.0 Å². The molecular weight excluding hydrogens is 291 g/mol. The van der Waals surface area contributed by atoms with Gasteiger partial charge in [-0.15, -0.1) is 0 Å². The number of piperidine rings is 1. The van der Waals surface area contributed by atoms with Gasteiger partial charge in [0.25, 0.3) is 0 Å². The Balaban J connectivity index is 2.06. The molecule has 118 valence electrons. The van der Waals surface area contributed by atoms with Gasteiger partial charge in [0.1, 0.15) is 5.82 Å². The molecule has 1 aliphatic rings. The first-order valence-corrected chi connectivity index (χ1v) is 7.73. The van der Waals surface area contributed by atoms with Gasteiger partial charge < -0.3 is 10.0 Å². The number of nitrogens with zero attached hydrogens (tertiary/aromatic N) is 2. The number of benzene rings is 1. The fourth-order valence-corrected chi connectivity index (χ4v) is 3.63. The third-order valence-corrected chi connectivity index (χ3v) is 4.27. The van der Waals surface area contributed by atoms with Crippen molar-refractivity contribution in [3.8, 4) is 0 Å². The molecule has 1 saturated heterocycles. The van der Waals surface area contributed by atoms with Gasteiger partial charge >= 0.3 is 0 Å². The Morgan fingerprint density at radius 2 is 2.14 bits per heavy atom. The molecule has 1 atom stereocenters. The number of halogens is 2. The van der Waals surface area contributed by atoms with Crippen LogP contribution in [0.3, 0.4) is 0 Å². The third-order valence-electron chi connectivity index (χ3n) is 4.06. The van der Waals surface area contributed by atoms with Crippen LogP contribution in [-0.4, -0.2) is 55.2 Å². The molecule has 0 saturated carbocycles. The van der Waals surface area contributed by atoms with E-state index in [9.17, 15) is 9.50 Å². The van der Waals surface area contributed by atoms with Crippen LogP contribution in [0.25, 0.3) is 0 Å². The number of hydrogen-bond acceptors (Lipinski definition) is 3. The van der Waals surface area contributed by atoms with Crippen molar-refractivity contribution in [1.29, 1.82) is 0 Å². The first-order valence-electron chi connectivity index (χ1n) is 7.35. The number of aliphatic hydroxyl groups excluding tert-OH is 1. The first kappa shape index (κ1) is 16.7. The maximum atomic E-state index is 13.4. The maximum absolute atomic E-state index is 13.4. The van der Waals surface area contributed by atoms with Crippen molar-refractivity contribution in [2.45, 2.75) is 19.4 Å². The Labute approximate surface area is 131 Å². The molecule has 1 N–H and O–H groups in total. The van der Waals surface area contributed by atoms with Gasteiger partial charge in [0.05, 0.1) is 6.61 Å². The summed E-state index contributed by atoms with van der Waals surface area (Å²) in [7, 11) is 4.06. The van der Waals surface area contributed by atoms with E-state index in [0.29, 0.717) is 11.6 Å². The van der Waals surface area contributed by atoms with Crippen molar-refractivity contribution in [2.24, 2.45) is 5.41 Å². The Hall–Kier alpha value is -0.680. The molecule has 5 heteroatoms. The number of rotatable bonds is 5. The summed E-state index contributed by atoms with van der Waals surface area (Å²) < 4.78 is 13.4. The van der Waals surface area contributed by atoms with E-state index in [1.54, 1.807) is 0 Å². The summed E-state index contributed by atoms with van der Waals surface area (Å²) in [5, 5.41) is 10.3. The molecule has 0 bridgehead atoms. The van der Waals surface area contributed by atoms with Crippen molar-refractivity contribution in [2.75, 3.05) is 40.3 Å². The summed E-state index contributed by atoms with van der Waals surface area (Å²) in [6.07, 6.45) is 2.08. The molecule has 1 aliphatic heterocycles. The van der Waals surface area contributed by atoms with Crippen LogP contribution in [0.2, 0.25) is 5.02 Å². The molecule has 3 nitrogen and oxygen atoms in total. The Morgan fingerprint density at radius 3 is 2.76 bits per heavy atom. The van der Waals surface area contributed by atoms with Crippen molar-refractivity contribution in [3.05, 3.63) is 34.6 Å². The molecule has 0 radical (unpaired) electrons. The van der Waals surface area contributed by atoms with E-state index in [4.69, 9.17) is 11.6 Å². The molecule has 1 heterocycles. The SMILES string of the molecule is CN(C)C[C@]1(CO)CCCN(Cc2cc(F)cc(Cl)c2)C1. The molecule has 1 aromatic carbocycles. The topological polar surface area (TPSA) is 26.7 Å². The summed E-state index contributed by atoms with van der Waals surface area (Å²) in [5.41, 5.74) is 0.803. The van der Waals surface area contributed by atoms with E-state index in [2.05, 4.69) is 9.80 Å². The van der Waals surface area contributed by atoms with E-state index in [-0.39, 0.29) is 17.8 Å². The number of likely N-dealkylation sites (tertiary alicyclic amines) is 1. The van der Waals surface area contributed by atoms with Gasteiger partial charge in [-0.25, -0.2) is 4.39 Å². The maximum Gasteiger partial charge on any atom is 0.125 e. The van der Waals surface area contributed by atoms with E-state index in [1.165, 1.54) is 12.1 Å². The summed E-state index contributed by atoms with van der Waals surface area (Å²) in [5.74, 6) is -0.295. The van der Waals surface area contributed by atoms with Crippen molar-refractivity contribution < 1.29 is 9.50 Å². The second-order valence-electron chi connectivity index (χ2n) is 6.49. The van der Waals surface area contributed by atoms with Crippen LogP contribution in [-0.2, 0) is 6.54 Å². The van der Waals surface area contributed by atoms with Gasteiger partial charge in [0.2, 0.25) is 0 Å². The highest BCUT2D eigenvalue weighted by Crippen LogP contribution is 2.31. The van der Waals surface area contributed by atoms with Gasteiger partial charge in [0, 0.05) is 30.1 Å². The highest BCUT2D eigenvalue weighted by molar-refractivity contribution is 6.30. The van der Waals surface area contributed by atoms with Crippen LogP contribution in [0, 0.1) is 11.2 Å². The molecule has 0 aromatic heterocycles. The standard InChI is InChI=1S/C16H24ClFN2O/c1-19(2)10-16(12-21)4-3-5-20(11-16)9-13-6-14(17)8-15(18)7-13/h6-8,21H,3-5,9-12H2,1-2H3/t16-/m1/s1. The molecule has 0 amide bonds. The van der Waals surface area contributed by atoms with Gasteiger partial charge in [-0.1, -0.05) is 11.6 Å². The molecule has 21 heavy (non-hydrogen) atoms. The van der Waals surface area contributed by atoms with Gasteiger partial charge in [-0.2, -0.15) is 0 Å². The minimum Gasteiger partial charge on any atom is -0.396 e. The first-order chi connectivity index (χ1) is 9.92. The fraction of sp³-hybridized carbons (Fsp3) is 0.625. The molecule has 2 rings (SSSR count). The van der Waals surface area contributed by atoms with Crippen LogP contribution in [0.4, 0.5) is 4.39 Å². The Morgan fingerprint density at radius 1 is 1.38 bits per heavy atom. The Bertz CT molecular complexity index is 463. The van der Waals surface area contributed by atoms with Crippen molar-refractivity contribution in [1.82, 2.24) is 9.80 Å². The second-order valence-corrected chi connectivity index (χ2v) is 6.92. The zero-order valence-electron chi connectivity index (χ0n) is 12.8. The van der Waals surface area contributed by atoms with E-state index in [1.807, 2.05) is 20.2 Å². The highest BCUT2D eigenvalue weighted by Gasteiger charge is 2.35. The van der Waals surface area contributed by atoms with Crippen LogP contribution in [0.15, 0.2) is 18.2 Å². The molecule has 0 aliphatic carbocycles. The molecular formula is C16H24ClFN2O. The normalized spacial score (nSPS) is 23.7. The zero-order valence-corrected chi connectivity index (χ0v) is 13.5. The lowest BCUT2D eigenvalue weighted by atomic mass is 9.80. The lowest BCUT2D eigenvalue weighted by Crippen LogP contribution is -2.49. The molecule has 1 fully saturated rings. The lowest BCUT2D eigenvalue weighted by Gasteiger charge is -2.43. The van der Waals surface area contributed by atoms with Crippen LogP contribution in [0.5, 0.6) is 0 Å². The minimum atomic E-state index is -0.295. The monoisotopic (exact) mass is 314 g/mol. The second kappa shape index (κ2) is 7.05. The molecule has 0 spiro atoms. The summed E-state index contributed by atoms with van der Waals surface area (Å²) in [6.45, 7) is 3.53. The Kier molecular flexibility index (Phi) is 5.60. The van der Waals surface area contributed by atoms with Gasteiger partial charge in [0.15, 0.2) is 0 Å².